The van der Waals surface area contributed by atoms with Gasteiger partial charge in [0.15, 0.2) is 0 Å². The SMILES string of the molecule is CCc1nn(C)cc1NS(=O)(=O)c1ccc(N)nc1. The summed E-state index contributed by atoms with van der Waals surface area (Å²) in [6.45, 7) is 1.91. The maximum atomic E-state index is 12.2. The summed E-state index contributed by atoms with van der Waals surface area (Å²) in [5.41, 5.74) is 6.60. The zero-order valence-corrected chi connectivity index (χ0v) is 11.5. The van der Waals surface area contributed by atoms with Crippen LogP contribution in [0.25, 0.3) is 0 Å². The van der Waals surface area contributed by atoms with Crippen LogP contribution in [0.1, 0.15) is 12.6 Å². The third-order valence-corrected chi connectivity index (χ3v) is 3.90. The number of aromatic nitrogens is 3. The number of hydrogen-bond donors (Lipinski definition) is 2. The number of aryl methyl sites for hydroxylation is 2. The minimum Gasteiger partial charge on any atom is -0.384 e. The van der Waals surface area contributed by atoms with E-state index in [1.807, 2.05) is 6.92 Å². The Kier molecular flexibility index (Phi) is 3.43. The Morgan fingerprint density at radius 3 is 2.74 bits per heavy atom. The zero-order chi connectivity index (χ0) is 14.0. The van der Waals surface area contributed by atoms with Gasteiger partial charge in [0.1, 0.15) is 10.7 Å². The Bertz CT molecular complexity index is 676. The molecule has 2 heterocycles. The molecule has 8 heteroatoms. The van der Waals surface area contributed by atoms with E-state index >= 15 is 0 Å². The lowest BCUT2D eigenvalue weighted by molar-refractivity contribution is 0.601. The first-order valence-electron chi connectivity index (χ1n) is 5.69. The molecular formula is C11H15N5O2S. The van der Waals surface area contributed by atoms with Crippen molar-refractivity contribution in [3.8, 4) is 0 Å². The van der Waals surface area contributed by atoms with Crippen molar-refractivity contribution in [2.75, 3.05) is 10.5 Å². The molecule has 0 spiro atoms. The predicted octanol–water partition coefficient (Wildman–Crippen LogP) is 0.761. The second-order valence-electron chi connectivity index (χ2n) is 4.04. The van der Waals surface area contributed by atoms with Crippen molar-refractivity contribution in [3.63, 3.8) is 0 Å². The molecule has 102 valence electrons. The molecule has 0 aliphatic heterocycles. The van der Waals surface area contributed by atoms with E-state index in [9.17, 15) is 8.42 Å². The van der Waals surface area contributed by atoms with Crippen molar-refractivity contribution >= 4 is 21.5 Å². The van der Waals surface area contributed by atoms with Crippen molar-refractivity contribution in [2.45, 2.75) is 18.2 Å². The number of nitrogens with zero attached hydrogens (tertiary/aromatic N) is 3. The second kappa shape index (κ2) is 4.88. The van der Waals surface area contributed by atoms with Gasteiger partial charge in [-0.1, -0.05) is 6.92 Å². The average molecular weight is 281 g/mol. The Morgan fingerprint density at radius 2 is 2.16 bits per heavy atom. The lowest BCUT2D eigenvalue weighted by atomic mass is 10.3. The van der Waals surface area contributed by atoms with Crippen LogP contribution in [0.3, 0.4) is 0 Å². The molecule has 0 aromatic carbocycles. The molecular weight excluding hydrogens is 266 g/mol. The smallest absolute Gasteiger partial charge is 0.263 e. The Morgan fingerprint density at radius 1 is 1.42 bits per heavy atom. The van der Waals surface area contributed by atoms with Crippen molar-refractivity contribution in [1.29, 1.82) is 0 Å². The highest BCUT2D eigenvalue weighted by Gasteiger charge is 2.17. The van der Waals surface area contributed by atoms with E-state index in [1.165, 1.54) is 18.3 Å². The summed E-state index contributed by atoms with van der Waals surface area (Å²) in [6, 6.07) is 2.85. The maximum absolute atomic E-state index is 12.2. The summed E-state index contributed by atoms with van der Waals surface area (Å²) >= 11 is 0. The van der Waals surface area contributed by atoms with Crippen LogP contribution >= 0.6 is 0 Å². The number of nitrogens with two attached hydrogens (primary N) is 1. The predicted molar refractivity (Wildman–Crippen MR) is 72.0 cm³/mol. The molecule has 3 N–H and O–H groups in total. The monoisotopic (exact) mass is 281 g/mol. The fraction of sp³-hybridized carbons (Fsp3) is 0.273. The van der Waals surface area contributed by atoms with Gasteiger partial charge in [-0.3, -0.25) is 9.40 Å². The zero-order valence-electron chi connectivity index (χ0n) is 10.7. The molecule has 2 rings (SSSR count). The molecule has 0 radical (unpaired) electrons. The summed E-state index contributed by atoms with van der Waals surface area (Å²) in [4.78, 5) is 3.84. The number of pyridine rings is 1. The van der Waals surface area contributed by atoms with Gasteiger partial charge in [-0.15, -0.1) is 0 Å². The Balaban J connectivity index is 2.33. The van der Waals surface area contributed by atoms with Gasteiger partial charge in [-0.05, 0) is 18.6 Å². The van der Waals surface area contributed by atoms with Gasteiger partial charge >= 0.3 is 0 Å². The number of sulfonamides is 1. The summed E-state index contributed by atoms with van der Waals surface area (Å²) < 4.78 is 28.4. The number of nitrogen functional groups attached to an aromatic ring is 1. The number of hydrogen-bond acceptors (Lipinski definition) is 5. The van der Waals surface area contributed by atoms with Crippen LogP contribution in [-0.2, 0) is 23.5 Å². The normalized spacial score (nSPS) is 11.5. The van der Waals surface area contributed by atoms with Crippen LogP contribution in [0.2, 0.25) is 0 Å². The molecule has 0 atom stereocenters. The third kappa shape index (κ3) is 2.84. The number of nitrogens with one attached hydrogen (secondary N) is 1. The van der Waals surface area contributed by atoms with Gasteiger partial charge in [0, 0.05) is 19.4 Å². The Hall–Kier alpha value is -2.09. The molecule has 2 aromatic rings. The van der Waals surface area contributed by atoms with E-state index in [-0.39, 0.29) is 10.7 Å². The van der Waals surface area contributed by atoms with Gasteiger partial charge in [0.05, 0.1) is 11.4 Å². The maximum Gasteiger partial charge on any atom is 0.263 e. The minimum atomic E-state index is -3.67. The van der Waals surface area contributed by atoms with E-state index in [1.54, 1.807) is 17.9 Å². The summed E-state index contributed by atoms with van der Waals surface area (Å²) in [5.74, 6) is 0.273. The van der Waals surface area contributed by atoms with Gasteiger partial charge in [-0.25, -0.2) is 13.4 Å². The van der Waals surface area contributed by atoms with E-state index in [0.717, 1.165) is 0 Å². The highest BCUT2D eigenvalue weighted by molar-refractivity contribution is 7.92. The van der Waals surface area contributed by atoms with Gasteiger partial charge in [0.25, 0.3) is 10.0 Å². The molecule has 0 fully saturated rings. The molecule has 0 aliphatic carbocycles. The number of rotatable bonds is 4. The quantitative estimate of drug-likeness (QED) is 0.861. The van der Waals surface area contributed by atoms with Crippen LogP contribution in [0.4, 0.5) is 11.5 Å². The van der Waals surface area contributed by atoms with Gasteiger partial charge < -0.3 is 5.73 Å². The topological polar surface area (TPSA) is 103 Å². The molecule has 7 nitrogen and oxygen atoms in total. The molecule has 0 saturated carbocycles. The molecule has 0 unspecified atom stereocenters. The van der Waals surface area contributed by atoms with Crippen molar-refractivity contribution < 1.29 is 8.42 Å². The summed E-state index contributed by atoms with van der Waals surface area (Å²) in [5, 5.41) is 4.18. The van der Waals surface area contributed by atoms with E-state index in [2.05, 4.69) is 14.8 Å². The van der Waals surface area contributed by atoms with E-state index in [0.29, 0.717) is 17.8 Å². The standard InChI is InChI=1S/C11H15N5O2S/c1-3-9-10(7-16(2)14-9)15-19(17,18)8-4-5-11(12)13-6-8/h4-7,15H,3H2,1-2H3,(H2,12,13). The van der Waals surface area contributed by atoms with Crippen molar-refractivity contribution in [1.82, 2.24) is 14.8 Å². The molecule has 19 heavy (non-hydrogen) atoms. The summed E-state index contributed by atoms with van der Waals surface area (Å²) in [7, 11) is -1.93. The minimum absolute atomic E-state index is 0.0626. The van der Waals surface area contributed by atoms with Crippen LogP contribution in [-0.4, -0.2) is 23.2 Å². The Labute approximate surface area is 111 Å². The fourth-order valence-electron chi connectivity index (χ4n) is 1.64. The van der Waals surface area contributed by atoms with Gasteiger partial charge in [-0.2, -0.15) is 5.10 Å². The highest BCUT2D eigenvalue weighted by Crippen LogP contribution is 2.19. The second-order valence-corrected chi connectivity index (χ2v) is 5.72. The van der Waals surface area contributed by atoms with E-state index in [4.69, 9.17) is 5.73 Å². The average Bonchev–Trinajstić information content (AvgIpc) is 2.69. The van der Waals surface area contributed by atoms with Crippen LogP contribution in [0.15, 0.2) is 29.4 Å². The fourth-order valence-corrected chi connectivity index (χ4v) is 2.65. The largest absolute Gasteiger partial charge is 0.384 e. The molecule has 0 amide bonds. The van der Waals surface area contributed by atoms with Gasteiger partial charge in [0.2, 0.25) is 0 Å². The number of anilines is 2. The first kappa shape index (κ1) is 13.3. The lowest BCUT2D eigenvalue weighted by Crippen LogP contribution is -2.14. The first-order valence-corrected chi connectivity index (χ1v) is 7.17. The van der Waals surface area contributed by atoms with E-state index < -0.39 is 10.0 Å². The summed E-state index contributed by atoms with van der Waals surface area (Å²) in [6.07, 6.45) is 3.49. The molecule has 0 bridgehead atoms. The third-order valence-electron chi connectivity index (χ3n) is 2.55. The highest BCUT2D eigenvalue weighted by atomic mass is 32.2. The van der Waals surface area contributed by atoms with Crippen LogP contribution in [0, 0.1) is 0 Å². The van der Waals surface area contributed by atoms with Crippen LogP contribution < -0.4 is 10.5 Å². The first-order chi connectivity index (χ1) is 8.92. The van der Waals surface area contributed by atoms with Crippen LogP contribution in [0.5, 0.6) is 0 Å². The lowest BCUT2D eigenvalue weighted by Gasteiger charge is -2.07. The van der Waals surface area contributed by atoms with Crippen molar-refractivity contribution in [2.24, 2.45) is 7.05 Å². The van der Waals surface area contributed by atoms with Crippen molar-refractivity contribution in [3.05, 3.63) is 30.2 Å². The molecule has 0 saturated heterocycles. The molecule has 0 aliphatic rings. The molecule has 2 aromatic heterocycles.